The van der Waals surface area contributed by atoms with Gasteiger partial charge in [-0.15, -0.1) is 34.4 Å². The Morgan fingerprint density at radius 1 is 1.14 bits per heavy atom. The summed E-state index contributed by atoms with van der Waals surface area (Å²) in [5.41, 5.74) is 2.68. The molecular weight excluding hydrogens is 432 g/mol. The molecule has 2 heterocycles. The zero-order valence-electron chi connectivity index (χ0n) is 14.3. The van der Waals surface area contributed by atoms with Gasteiger partial charge in [0.15, 0.2) is 0 Å². The number of aromatic nitrogens is 2. The zero-order valence-corrected chi connectivity index (χ0v) is 17.5. The molecule has 0 amide bonds. The molecule has 0 bridgehead atoms. The van der Waals surface area contributed by atoms with Crippen LogP contribution in [0.2, 0.25) is 5.02 Å². The van der Waals surface area contributed by atoms with Crippen molar-refractivity contribution in [1.82, 2.24) is 9.97 Å². The second-order valence-corrected chi connectivity index (χ2v) is 9.10. The first-order valence-electron chi connectivity index (χ1n) is 8.22. The highest BCUT2D eigenvalue weighted by molar-refractivity contribution is 8.09. The van der Waals surface area contributed by atoms with Gasteiger partial charge in [-0.25, -0.2) is 9.97 Å². The van der Waals surface area contributed by atoms with E-state index in [0.29, 0.717) is 5.02 Å². The molecule has 0 aliphatic heterocycles. The molecule has 4 nitrogen and oxygen atoms in total. The molecule has 0 saturated heterocycles. The van der Waals surface area contributed by atoms with Crippen molar-refractivity contribution < 1.29 is 9.90 Å². The molecule has 0 fully saturated rings. The number of hydrogen-bond donors (Lipinski definition) is 1. The van der Waals surface area contributed by atoms with E-state index in [4.69, 9.17) is 16.7 Å². The summed E-state index contributed by atoms with van der Waals surface area (Å²) in [6.45, 7) is 0. The molecule has 0 radical (unpaired) electrons. The van der Waals surface area contributed by atoms with Crippen molar-refractivity contribution in [3.8, 4) is 10.6 Å². The molecule has 1 N–H and O–H groups in total. The summed E-state index contributed by atoms with van der Waals surface area (Å²) >= 11 is 10.3. The zero-order chi connectivity index (χ0) is 19.5. The number of carboxylic acids is 1. The Bertz CT molecular complexity index is 1130. The third-order valence-corrected chi connectivity index (χ3v) is 7.12. The number of halogens is 1. The summed E-state index contributed by atoms with van der Waals surface area (Å²) in [7, 11) is 0. The first kappa shape index (κ1) is 19.1. The van der Waals surface area contributed by atoms with E-state index in [0.717, 1.165) is 36.4 Å². The Kier molecular flexibility index (Phi) is 5.77. The number of nitrogens with zero attached hydrogens (tertiary/aromatic N) is 2. The lowest BCUT2D eigenvalue weighted by molar-refractivity contribution is -0.133. The first-order chi connectivity index (χ1) is 13.6. The van der Waals surface area contributed by atoms with Gasteiger partial charge in [-0.05, 0) is 30.3 Å². The standard InChI is InChI=1S/C20H13ClN2O2S3/c21-13-7-5-12(6-8-13)19-22-14(10-27-19)9-17(26-11-18(24)25)20-23-15-3-1-2-4-16(15)28-20/h1-10H,11H2,(H,24,25)/b17-9-. The summed E-state index contributed by atoms with van der Waals surface area (Å²) in [4.78, 5) is 21.2. The summed E-state index contributed by atoms with van der Waals surface area (Å²) in [5, 5.41) is 13.4. The lowest BCUT2D eigenvalue weighted by Crippen LogP contribution is -1.98. The quantitative estimate of drug-likeness (QED) is 0.373. The van der Waals surface area contributed by atoms with Gasteiger partial charge in [0.2, 0.25) is 0 Å². The number of hydrogen-bond acceptors (Lipinski definition) is 6. The lowest BCUT2D eigenvalue weighted by atomic mass is 10.2. The van der Waals surface area contributed by atoms with Crippen LogP contribution in [0.3, 0.4) is 0 Å². The number of thiazole rings is 2. The number of rotatable bonds is 6. The minimum absolute atomic E-state index is 0.0318. The van der Waals surface area contributed by atoms with E-state index >= 15 is 0 Å². The molecule has 0 saturated carbocycles. The number of fused-ring (bicyclic) bond motifs is 1. The van der Waals surface area contributed by atoms with E-state index in [2.05, 4.69) is 9.97 Å². The number of carbonyl (C=O) groups is 1. The van der Waals surface area contributed by atoms with Gasteiger partial charge in [-0.2, -0.15) is 0 Å². The SMILES string of the molecule is O=C(O)CS/C(=C\c1csc(-c2ccc(Cl)cc2)n1)c1nc2ccccc2s1. The Morgan fingerprint density at radius 3 is 2.68 bits per heavy atom. The largest absolute Gasteiger partial charge is 0.481 e. The van der Waals surface area contributed by atoms with Crippen molar-refractivity contribution in [3.63, 3.8) is 0 Å². The van der Waals surface area contributed by atoms with Crippen molar-refractivity contribution in [2.45, 2.75) is 0 Å². The smallest absolute Gasteiger partial charge is 0.313 e. The van der Waals surface area contributed by atoms with Gasteiger partial charge in [0, 0.05) is 20.9 Å². The van der Waals surface area contributed by atoms with Gasteiger partial charge in [0.05, 0.1) is 21.7 Å². The van der Waals surface area contributed by atoms with Gasteiger partial charge in [-0.3, -0.25) is 4.79 Å². The van der Waals surface area contributed by atoms with E-state index in [9.17, 15) is 4.79 Å². The normalized spacial score (nSPS) is 11.8. The maximum Gasteiger partial charge on any atom is 0.313 e. The average Bonchev–Trinajstić information content (AvgIpc) is 3.32. The van der Waals surface area contributed by atoms with Crippen LogP contribution in [0.1, 0.15) is 10.7 Å². The summed E-state index contributed by atoms with van der Waals surface area (Å²) in [5.74, 6) is -0.896. The third-order valence-electron chi connectivity index (χ3n) is 3.75. The van der Waals surface area contributed by atoms with Crippen molar-refractivity contribution in [1.29, 1.82) is 0 Å². The van der Waals surface area contributed by atoms with Crippen LogP contribution in [-0.2, 0) is 4.79 Å². The molecule has 0 aliphatic carbocycles. The van der Waals surface area contributed by atoms with Gasteiger partial charge >= 0.3 is 5.97 Å². The van der Waals surface area contributed by atoms with Crippen molar-refractivity contribution in [2.75, 3.05) is 5.75 Å². The van der Waals surface area contributed by atoms with Crippen LogP contribution in [0.15, 0.2) is 53.9 Å². The Labute approximate surface area is 178 Å². The molecule has 4 aromatic rings. The predicted molar refractivity (Wildman–Crippen MR) is 120 cm³/mol. The van der Waals surface area contributed by atoms with Crippen LogP contribution in [-0.4, -0.2) is 26.8 Å². The highest BCUT2D eigenvalue weighted by atomic mass is 35.5. The molecular formula is C20H13ClN2O2S3. The van der Waals surface area contributed by atoms with E-state index in [1.54, 1.807) is 11.3 Å². The maximum absolute atomic E-state index is 11.1. The van der Waals surface area contributed by atoms with Crippen LogP contribution in [0.5, 0.6) is 0 Å². The minimum atomic E-state index is -0.864. The molecule has 4 rings (SSSR count). The molecule has 2 aromatic carbocycles. The summed E-state index contributed by atoms with van der Waals surface area (Å²) < 4.78 is 1.07. The molecule has 0 atom stereocenters. The predicted octanol–water partition coefficient (Wildman–Crippen LogP) is 6.39. The monoisotopic (exact) mass is 444 g/mol. The Hall–Kier alpha value is -2.19. The van der Waals surface area contributed by atoms with E-state index in [1.807, 2.05) is 60.0 Å². The van der Waals surface area contributed by atoms with Crippen molar-refractivity contribution >= 4 is 73.2 Å². The molecule has 28 heavy (non-hydrogen) atoms. The van der Waals surface area contributed by atoms with E-state index in [1.165, 1.54) is 23.1 Å². The fraction of sp³-hybridized carbons (Fsp3) is 0.0500. The van der Waals surface area contributed by atoms with Crippen molar-refractivity contribution in [3.05, 3.63) is 69.6 Å². The van der Waals surface area contributed by atoms with Gasteiger partial charge < -0.3 is 5.11 Å². The van der Waals surface area contributed by atoms with E-state index in [-0.39, 0.29) is 5.75 Å². The molecule has 0 unspecified atom stereocenters. The fourth-order valence-electron chi connectivity index (χ4n) is 2.49. The van der Waals surface area contributed by atoms with Crippen LogP contribution in [0.4, 0.5) is 0 Å². The topological polar surface area (TPSA) is 63.1 Å². The molecule has 0 spiro atoms. The molecule has 2 aromatic heterocycles. The van der Waals surface area contributed by atoms with Gasteiger partial charge in [0.25, 0.3) is 0 Å². The lowest BCUT2D eigenvalue weighted by Gasteiger charge is -2.01. The second kappa shape index (κ2) is 8.45. The number of carboxylic acid groups (broad SMARTS) is 1. The number of thioether (sulfide) groups is 1. The number of aliphatic carboxylic acids is 1. The summed E-state index contributed by atoms with van der Waals surface area (Å²) in [6, 6.07) is 15.4. The Balaban J connectivity index is 1.68. The third kappa shape index (κ3) is 4.44. The number of para-hydroxylation sites is 1. The minimum Gasteiger partial charge on any atom is -0.481 e. The average molecular weight is 445 g/mol. The van der Waals surface area contributed by atoms with Gasteiger partial charge in [-0.1, -0.05) is 35.9 Å². The van der Waals surface area contributed by atoms with Gasteiger partial charge in [0.1, 0.15) is 10.0 Å². The highest BCUT2D eigenvalue weighted by Crippen LogP contribution is 2.36. The van der Waals surface area contributed by atoms with Crippen LogP contribution in [0.25, 0.3) is 31.8 Å². The number of benzene rings is 2. The fourth-order valence-corrected chi connectivity index (χ4v) is 5.23. The van der Waals surface area contributed by atoms with Crippen LogP contribution in [0, 0.1) is 0 Å². The highest BCUT2D eigenvalue weighted by Gasteiger charge is 2.13. The summed E-state index contributed by atoms with van der Waals surface area (Å²) in [6.07, 6.45) is 1.90. The molecule has 0 aliphatic rings. The van der Waals surface area contributed by atoms with Crippen molar-refractivity contribution in [2.24, 2.45) is 0 Å². The molecule has 8 heteroatoms. The van der Waals surface area contributed by atoms with E-state index < -0.39 is 5.97 Å². The second-order valence-electron chi connectivity index (χ2n) is 5.76. The maximum atomic E-state index is 11.1. The Morgan fingerprint density at radius 2 is 1.93 bits per heavy atom. The first-order valence-corrected chi connectivity index (χ1v) is 11.3. The van der Waals surface area contributed by atoms with Crippen LogP contribution >= 0.6 is 46.0 Å². The molecule has 140 valence electrons. The van der Waals surface area contributed by atoms with Crippen LogP contribution < -0.4 is 0 Å².